The third-order valence-corrected chi connectivity index (χ3v) is 9.65. The molecule has 1 spiro atoms. The van der Waals surface area contributed by atoms with Gasteiger partial charge in [-0.25, -0.2) is 9.78 Å². The van der Waals surface area contributed by atoms with E-state index in [9.17, 15) is 10.1 Å². The van der Waals surface area contributed by atoms with Crippen LogP contribution >= 0.6 is 0 Å². The average Bonchev–Trinajstić information content (AvgIpc) is 3.16. The van der Waals surface area contributed by atoms with Gasteiger partial charge < -0.3 is 9.64 Å². The fourth-order valence-electron chi connectivity index (χ4n) is 7.05. The summed E-state index contributed by atoms with van der Waals surface area (Å²) < 4.78 is 5.51. The van der Waals surface area contributed by atoms with Crippen molar-refractivity contribution in [2.75, 3.05) is 38.7 Å². The standard InChI is InChI=1S/C29H40N6O2/c1-5-33(3)29(23-12-7-6-9-21(23)2)15-13-28(14-16-29)20-34(27(36)35(28)19-22-10-8-11-22)24-18-31-25(17-30)32-26(24)37-4/h6-7,12,18,21-22H,5,8-11,13-16,19-20H2,1-4H3/t21?,28-,29+. The maximum absolute atomic E-state index is 14.0. The maximum Gasteiger partial charge on any atom is 0.325 e. The summed E-state index contributed by atoms with van der Waals surface area (Å²) in [6.45, 7) is 7.01. The first-order valence-electron chi connectivity index (χ1n) is 13.9. The number of ether oxygens (including phenoxy) is 1. The quantitative estimate of drug-likeness (QED) is 0.524. The third-order valence-electron chi connectivity index (χ3n) is 9.65. The minimum atomic E-state index is -0.224. The Morgan fingerprint density at radius 1 is 1.27 bits per heavy atom. The molecule has 3 aliphatic carbocycles. The van der Waals surface area contributed by atoms with Gasteiger partial charge in [0.2, 0.25) is 11.7 Å². The number of urea groups is 1. The van der Waals surface area contributed by atoms with E-state index in [1.807, 2.05) is 6.07 Å². The largest absolute Gasteiger partial charge is 0.479 e. The summed E-state index contributed by atoms with van der Waals surface area (Å²) in [6, 6.07) is 1.98. The van der Waals surface area contributed by atoms with Crippen molar-refractivity contribution in [3.63, 3.8) is 0 Å². The van der Waals surface area contributed by atoms with E-state index in [-0.39, 0.29) is 28.8 Å². The van der Waals surface area contributed by atoms with Gasteiger partial charge in [-0.15, -0.1) is 0 Å². The van der Waals surface area contributed by atoms with Crippen LogP contribution in [0.4, 0.5) is 10.5 Å². The Balaban J connectivity index is 1.48. The van der Waals surface area contributed by atoms with Gasteiger partial charge in [-0.1, -0.05) is 38.5 Å². The highest BCUT2D eigenvalue weighted by molar-refractivity contribution is 5.96. The van der Waals surface area contributed by atoms with Gasteiger partial charge in [0.1, 0.15) is 11.8 Å². The number of rotatable bonds is 7. The van der Waals surface area contributed by atoms with E-state index in [0.717, 1.165) is 45.2 Å². The molecule has 8 nitrogen and oxygen atoms in total. The van der Waals surface area contributed by atoms with Crippen LogP contribution in [0.15, 0.2) is 30.0 Å². The second kappa shape index (κ2) is 10.1. The van der Waals surface area contributed by atoms with Gasteiger partial charge in [-0.05, 0) is 75.9 Å². The molecule has 0 aromatic carbocycles. The number of allylic oxidation sites excluding steroid dienone is 3. The number of hydrogen-bond acceptors (Lipinski definition) is 6. The van der Waals surface area contributed by atoms with Crippen molar-refractivity contribution in [1.29, 1.82) is 5.26 Å². The van der Waals surface area contributed by atoms with E-state index in [1.54, 1.807) is 16.7 Å². The lowest BCUT2D eigenvalue weighted by Gasteiger charge is -2.54. The van der Waals surface area contributed by atoms with Gasteiger partial charge in [0.05, 0.1) is 25.4 Å². The molecule has 3 fully saturated rings. The molecule has 2 saturated carbocycles. The highest BCUT2D eigenvalue weighted by Gasteiger charge is 2.56. The van der Waals surface area contributed by atoms with Crippen LogP contribution in [0.1, 0.15) is 71.0 Å². The SMILES string of the molecule is CCN(C)[C@]1(C2=CC=CCC2C)CC[C@]2(CC1)CN(c1cnc(C#N)nc1OC)C(=O)N2CC1CCC1. The van der Waals surface area contributed by atoms with E-state index in [2.05, 4.69) is 58.9 Å². The van der Waals surface area contributed by atoms with Crippen LogP contribution in [0.3, 0.4) is 0 Å². The number of carbonyl (C=O) groups excluding carboxylic acids is 1. The fourth-order valence-corrected chi connectivity index (χ4v) is 7.05. The van der Waals surface area contributed by atoms with Gasteiger partial charge in [0.25, 0.3) is 0 Å². The Kier molecular flexibility index (Phi) is 7.01. The molecule has 0 N–H and O–H groups in total. The summed E-state index contributed by atoms with van der Waals surface area (Å²) in [5, 5.41) is 9.25. The van der Waals surface area contributed by atoms with Crippen LogP contribution in [-0.2, 0) is 0 Å². The summed E-state index contributed by atoms with van der Waals surface area (Å²) in [6.07, 6.45) is 17.2. The summed E-state index contributed by atoms with van der Waals surface area (Å²) in [5.41, 5.74) is 1.90. The maximum atomic E-state index is 14.0. The number of carbonyl (C=O) groups is 1. The number of nitrogens with zero attached hydrogens (tertiary/aromatic N) is 6. The molecule has 0 bridgehead atoms. The zero-order valence-electron chi connectivity index (χ0n) is 22.7. The van der Waals surface area contributed by atoms with Crippen molar-refractivity contribution in [2.24, 2.45) is 11.8 Å². The summed E-state index contributed by atoms with van der Waals surface area (Å²) in [7, 11) is 3.79. The lowest BCUT2D eigenvalue weighted by atomic mass is 9.64. The first-order chi connectivity index (χ1) is 17.9. The van der Waals surface area contributed by atoms with E-state index in [1.165, 1.54) is 26.4 Å². The molecule has 4 aliphatic rings. The van der Waals surface area contributed by atoms with Crippen LogP contribution in [0.2, 0.25) is 0 Å². The van der Waals surface area contributed by atoms with Crippen LogP contribution in [-0.4, -0.2) is 70.7 Å². The molecular formula is C29H40N6O2. The first-order valence-corrected chi connectivity index (χ1v) is 13.9. The molecule has 37 heavy (non-hydrogen) atoms. The van der Waals surface area contributed by atoms with Crippen LogP contribution in [0, 0.1) is 23.2 Å². The van der Waals surface area contributed by atoms with E-state index in [0.29, 0.717) is 24.1 Å². The van der Waals surface area contributed by atoms with Crippen molar-refractivity contribution < 1.29 is 9.53 Å². The molecule has 1 aliphatic heterocycles. The molecule has 5 rings (SSSR count). The number of methoxy groups -OCH3 is 1. The smallest absolute Gasteiger partial charge is 0.325 e. The monoisotopic (exact) mass is 504 g/mol. The molecule has 1 aromatic heterocycles. The number of hydrogen-bond donors (Lipinski definition) is 0. The molecule has 1 atom stereocenters. The lowest BCUT2D eigenvalue weighted by molar-refractivity contribution is 0.0249. The first kappa shape index (κ1) is 25.7. The van der Waals surface area contributed by atoms with Crippen molar-refractivity contribution in [2.45, 2.75) is 76.3 Å². The Morgan fingerprint density at radius 3 is 2.62 bits per heavy atom. The molecule has 1 saturated heterocycles. The van der Waals surface area contributed by atoms with Crippen molar-refractivity contribution >= 4 is 11.7 Å². The van der Waals surface area contributed by atoms with Gasteiger partial charge >= 0.3 is 6.03 Å². The predicted molar refractivity (Wildman–Crippen MR) is 143 cm³/mol. The molecule has 2 heterocycles. The number of amides is 2. The molecule has 2 amide bonds. The van der Waals surface area contributed by atoms with Gasteiger partial charge in [0.15, 0.2) is 0 Å². The lowest BCUT2D eigenvalue weighted by Crippen LogP contribution is -2.59. The average molecular weight is 505 g/mol. The molecule has 1 unspecified atom stereocenters. The molecule has 0 radical (unpaired) electrons. The number of likely N-dealkylation sites (N-methyl/N-ethyl adjacent to an activating group) is 1. The topological polar surface area (TPSA) is 85.6 Å². The number of anilines is 1. The summed E-state index contributed by atoms with van der Waals surface area (Å²) in [4.78, 5) is 29.0. The van der Waals surface area contributed by atoms with E-state index >= 15 is 0 Å². The second-order valence-corrected chi connectivity index (χ2v) is 11.4. The highest BCUT2D eigenvalue weighted by atomic mass is 16.5. The molecular weight excluding hydrogens is 464 g/mol. The van der Waals surface area contributed by atoms with Gasteiger partial charge in [-0.2, -0.15) is 10.2 Å². The van der Waals surface area contributed by atoms with Gasteiger partial charge in [0, 0.05) is 12.1 Å². The second-order valence-electron chi connectivity index (χ2n) is 11.4. The van der Waals surface area contributed by atoms with Crippen LogP contribution in [0.5, 0.6) is 5.88 Å². The minimum Gasteiger partial charge on any atom is -0.479 e. The van der Waals surface area contributed by atoms with Crippen molar-refractivity contribution in [3.8, 4) is 11.9 Å². The fraction of sp³-hybridized carbons (Fsp3) is 0.655. The van der Waals surface area contributed by atoms with E-state index < -0.39 is 0 Å². The van der Waals surface area contributed by atoms with Crippen molar-refractivity contribution in [1.82, 2.24) is 19.8 Å². The van der Waals surface area contributed by atoms with Gasteiger partial charge in [-0.3, -0.25) is 9.80 Å². The van der Waals surface area contributed by atoms with Crippen molar-refractivity contribution in [3.05, 3.63) is 35.8 Å². The van der Waals surface area contributed by atoms with Crippen LogP contribution < -0.4 is 9.64 Å². The van der Waals surface area contributed by atoms with Crippen LogP contribution in [0.25, 0.3) is 0 Å². The molecule has 198 valence electrons. The zero-order chi connectivity index (χ0) is 26.2. The number of aromatic nitrogens is 2. The third kappa shape index (κ3) is 4.31. The predicted octanol–water partition coefficient (Wildman–Crippen LogP) is 4.92. The number of nitriles is 1. The minimum absolute atomic E-state index is 0.0167. The summed E-state index contributed by atoms with van der Waals surface area (Å²) >= 11 is 0. The normalized spacial score (nSPS) is 30.0. The summed E-state index contributed by atoms with van der Waals surface area (Å²) in [5.74, 6) is 1.43. The Labute approximate surface area is 221 Å². The highest BCUT2D eigenvalue weighted by Crippen LogP contribution is 2.51. The molecule has 1 aromatic rings. The molecule has 8 heteroatoms. The Morgan fingerprint density at radius 2 is 2.03 bits per heavy atom. The Hall–Kier alpha value is -2.92. The Bertz CT molecular complexity index is 1130. The zero-order valence-corrected chi connectivity index (χ0v) is 22.7. The van der Waals surface area contributed by atoms with E-state index in [4.69, 9.17) is 4.74 Å².